The molecule has 0 atom stereocenters. The minimum Gasteiger partial charge on any atom is -0.357 e. The molecule has 1 saturated heterocycles. The van der Waals surface area contributed by atoms with Crippen molar-refractivity contribution in [2.45, 2.75) is 77.0 Å². The van der Waals surface area contributed by atoms with Crippen LogP contribution in [-0.2, 0) is 16.6 Å². The predicted octanol–water partition coefficient (Wildman–Crippen LogP) is 3.26. The summed E-state index contributed by atoms with van der Waals surface area (Å²) in [5.74, 6) is 0.816. The van der Waals surface area contributed by atoms with E-state index in [1.54, 1.807) is 19.2 Å². The molecule has 0 aliphatic carbocycles. The Morgan fingerprint density at radius 2 is 1.74 bits per heavy atom. The van der Waals surface area contributed by atoms with Crippen LogP contribution in [-0.4, -0.2) is 68.4 Å². The van der Waals surface area contributed by atoms with Crippen LogP contribution in [0.3, 0.4) is 0 Å². The number of hydrogen-bond acceptors (Lipinski definition) is 4. The molecule has 0 aromatic heterocycles. The van der Waals surface area contributed by atoms with E-state index >= 15 is 0 Å². The maximum Gasteiger partial charge on any atom is 0.243 e. The van der Waals surface area contributed by atoms with E-state index in [-0.39, 0.29) is 30.0 Å². The number of nitrogens with one attached hydrogen (secondary N) is 2. The molecule has 1 aromatic rings. The standard InChI is InChI=1S/C22H39N5O2S.HI/c1-7-23-22(25-20-12-14-27(15-13-20)18(4)5)24-16-19-8-10-21(11-9-19)30(28,29)26(6)17(2)3;/h8-11,17-18,20H,7,12-16H2,1-6H3,(H2,23,24,25);1H. The zero-order valence-corrected chi connectivity index (χ0v) is 22.9. The van der Waals surface area contributed by atoms with E-state index in [0.29, 0.717) is 23.5 Å². The van der Waals surface area contributed by atoms with Crippen LogP contribution in [0.1, 0.15) is 53.0 Å². The Labute approximate surface area is 206 Å². The third kappa shape index (κ3) is 8.18. The maximum absolute atomic E-state index is 12.6. The van der Waals surface area contributed by atoms with Gasteiger partial charge in [-0.05, 0) is 65.2 Å². The second-order valence-electron chi connectivity index (χ2n) is 8.50. The second-order valence-corrected chi connectivity index (χ2v) is 10.5. The average Bonchev–Trinajstić information content (AvgIpc) is 2.72. The van der Waals surface area contributed by atoms with E-state index in [0.717, 1.165) is 44.0 Å². The molecular formula is C22H40IN5O2S. The fourth-order valence-corrected chi connectivity index (χ4v) is 4.82. The van der Waals surface area contributed by atoms with Crippen LogP contribution < -0.4 is 10.6 Å². The minimum absolute atomic E-state index is 0. The Balaban J connectivity index is 0.00000480. The summed E-state index contributed by atoms with van der Waals surface area (Å²) in [6.45, 7) is 13.8. The van der Waals surface area contributed by atoms with Gasteiger partial charge >= 0.3 is 0 Å². The molecular weight excluding hydrogens is 525 g/mol. The highest BCUT2D eigenvalue weighted by molar-refractivity contribution is 14.0. The Morgan fingerprint density at radius 3 is 2.23 bits per heavy atom. The van der Waals surface area contributed by atoms with Gasteiger partial charge in [-0.25, -0.2) is 13.4 Å². The Morgan fingerprint density at radius 1 is 1.16 bits per heavy atom. The quantitative estimate of drug-likeness (QED) is 0.288. The normalized spacial score (nSPS) is 16.6. The zero-order valence-electron chi connectivity index (χ0n) is 19.8. The van der Waals surface area contributed by atoms with Gasteiger partial charge in [0, 0.05) is 44.8 Å². The van der Waals surface area contributed by atoms with Crippen LogP contribution >= 0.6 is 24.0 Å². The van der Waals surface area contributed by atoms with E-state index < -0.39 is 10.0 Å². The predicted molar refractivity (Wildman–Crippen MR) is 140 cm³/mol. The molecule has 178 valence electrons. The molecule has 31 heavy (non-hydrogen) atoms. The van der Waals surface area contributed by atoms with Crippen LogP contribution in [0.2, 0.25) is 0 Å². The van der Waals surface area contributed by atoms with Gasteiger partial charge in [-0.2, -0.15) is 4.31 Å². The molecule has 0 saturated carbocycles. The molecule has 9 heteroatoms. The molecule has 1 aromatic carbocycles. The van der Waals surface area contributed by atoms with E-state index in [9.17, 15) is 8.42 Å². The molecule has 2 rings (SSSR count). The summed E-state index contributed by atoms with van der Waals surface area (Å²) < 4.78 is 26.6. The van der Waals surface area contributed by atoms with E-state index in [1.165, 1.54) is 4.31 Å². The van der Waals surface area contributed by atoms with Gasteiger partial charge in [0.05, 0.1) is 11.4 Å². The van der Waals surface area contributed by atoms with Gasteiger partial charge in [0.25, 0.3) is 0 Å². The van der Waals surface area contributed by atoms with Gasteiger partial charge < -0.3 is 15.5 Å². The summed E-state index contributed by atoms with van der Waals surface area (Å²) in [6.07, 6.45) is 2.22. The number of rotatable bonds is 8. The molecule has 0 bridgehead atoms. The molecule has 0 radical (unpaired) electrons. The minimum atomic E-state index is -3.46. The SMILES string of the molecule is CCNC(=NCc1ccc(S(=O)(=O)N(C)C(C)C)cc1)NC1CCN(C(C)C)CC1.I. The lowest BCUT2D eigenvalue weighted by Gasteiger charge is -2.35. The molecule has 0 unspecified atom stereocenters. The summed E-state index contributed by atoms with van der Waals surface area (Å²) in [6, 6.07) is 7.96. The first-order valence-electron chi connectivity index (χ1n) is 11.0. The number of piperidine rings is 1. The number of likely N-dealkylation sites (tertiary alicyclic amines) is 1. The van der Waals surface area contributed by atoms with Crippen molar-refractivity contribution in [3.63, 3.8) is 0 Å². The molecule has 2 N–H and O–H groups in total. The molecule has 1 fully saturated rings. The number of hydrogen-bond donors (Lipinski definition) is 2. The van der Waals surface area contributed by atoms with Crippen molar-refractivity contribution in [3.05, 3.63) is 29.8 Å². The van der Waals surface area contributed by atoms with Gasteiger partial charge in [-0.1, -0.05) is 12.1 Å². The van der Waals surface area contributed by atoms with Crippen molar-refractivity contribution in [3.8, 4) is 0 Å². The van der Waals surface area contributed by atoms with Gasteiger partial charge in [0.2, 0.25) is 10.0 Å². The number of sulfonamides is 1. The smallest absolute Gasteiger partial charge is 0.243 e. The molecule has 0 spiro atoms. The summed E-state index contributed by atoms with van der Waals surface area (Å²) in [4.78, 5) is 7.53. The lowest BCUT2D eigenvalue weighted by molar-refractivity contribution is 0.167. The molecule has 7 nitrogen and oxygen atoms in total. The third-order valence-electron chi connectivity index (χ3n) is 5.69. The lowest BCUT2D eigenvalue weighted by atomic mass is 10.0. The van der Waals surface area contributed by atoms with Crippen molar-refractivity contribution in [1.82, 2.24) is 19.8 Å². The van der Waals surface area contributed by atoms with E-state index in [2.05, 4.69) is 36.3 Å². The monoisotopic (exact) mass is 565 g/mol. The van der Waals surface area contributed by atoms with Crippen molar-refractivity contribution in [1.29, 1.82) is 0 Å². The number of guanidine groups is 1. The number of halogens is 1. The largest absolute Gasteiger partial charge is 0.357 e. The first-order valence-corrected chi connectivity index (χ1v) is 12.4. The molecule has 1 aliphatic rings. The van der Waals surface area contributed by atoms with Crippen LogP contribution in [0.25, 0.3) is 0 Å². The van der Waals surface area contributed by atoms with Crippen molar-refractivity contribution in [2.24, 2.45) is 4.99 Å². The third-order valence-corrected chi connectivity index (χ3v) is 7.74. The van der Waals surface area contributed by atoms with Crippen LogP contribution in [0.15, 0.2) is 34.2 Å². The highest BCUT2D eigenvalue weighted by atomic mass is 127. The van der Waals surface area contributed by atoms with Crippen molar-refractivity contribution >= 4 is 40.0 Å². The van der Waals surface area contributed by atoms with Gasteiger partial charge in [-0.15, -0.1) is 24.0 Å². The van der Waals surface area contributed by atoms with Crippen LogP contribution in [0.4, 0.5) is 0 Å². The number of aliphatic imine (C=N–C) groups is 1. The molecule has 1 aliphatic heterocycles. The first-order chi connectivity index (χ1) is 14.1. The highest BCUT2D eigenvalue weighted by Gasteiger charge is 2.23. The maximum atomic E-state index is 12.6. The summed E-state index contributed by atoms with van der Waals surface area (Å²) in [5, 5.41) is 6.88. The van der Waals surface area contributed by atoms with E-state index in [4.69, 9.17) is 4.99 Å². The van der Waals surface area contributed by atoms with E-state index in [1.807, 2.05) is 26.0 Å². The Bertz CT molecular complexity index is 789. The van der Waals surface area contributed by atoms with Crippen molar-refractivity contribution < 1.29 is 8.42 Å². The fraction of sp³-hybridized carbons (Fsp3) is 0.682. The Kier molecular flexibility index (Phi) is 11.8. The highest BCUT2D eigenvalue weighted by Crippen LogP contribution is 2.17. The summed E-state index contributed by atoms with van der Waals surface area (Å²) in [5.41, 5.74) is 0.980. The second kappa shape index (κ2) is 13.0. The number of nitrogens with zero attached hydrogens (tertiary/aromatic N) is 3. The topological polar surface area (TPSA) is 77.0 Å². The summed E-state index contributed by atoms with van der Waals surface area (Å²) in [7, 11) is -1.85. The van der Waals surface area contributed by atoms with Crippen LogP contribution in [0.5, 0.6) is 0 Å². The average molecular weight is 566 g/mol. The lowest BCUT2D eigenvalue weighted by Crippen LogP contribution is -2.49. The van der Waals surface area contributed by atoms with Crippen LogP contribution in [0, 0.1) is 0 Å². The Hall–Kier alpha value is -0.910. The molecule has 1 heterocycles. The van der Waals surface area contributed by atoms with Gasteiger partial charge in [0.15, 0.2) is 5.96 Å². The first kappa shape index (κ1) is 28.1. The number of benzene rings is 1. The zero-order chi connectivity index (χ0) is 22.3. The van der Waals surface area contributed by atoms with Gasteiger partial charge in [-0.3, -0.25) is 0 Å². The molecule has 0 amide bonds. The van der Waals surface area contributed by atoms with Crippen molar-refractivity contribution in [2.75, 3.05) is 26.7 Å². The van der Waals surface area contributed by atoms with Gasteiger partial charge in [0.1, 0.15) is 0 Å². The fourth-order valence-electron chi connectivity index (χ4n) is 3.45. The summed E-state index contributed by atoms with van der Waals surface area (Å²) >= 11 is 0.